The number of carbonyl (C=O) groups is 2. The van der Waals surface area contributed by atoms with Crippen LogP contribution >= 0.6 is 0 Å². The molecule has 30 heavy (non-hydrogen) atoms. The van der Waals surface area contributed by atoms with Crippen LogP contribution in [0.2, 0.25) is 0 Å². The zero-order valence-corrected chi connectivity index (χ0v) is 18.4. The van der Waals surface area contributed by atoms with Crippen molar-refractivity contribution in [2.24, 2.45) is 4.99 Å². The van der Waals surface area contributed by atoms with Crippen LogP contribution in [0.1, 0.15) is 31.8 Å². The molecule has 0 unspecified atom stereocenters. The maximum atomic E-state index is 12.1. The molecule has 0 aliphatic heterocycles. The molecule has 2 aromatic carbocycles. The molecule has 0 saturated heterocycles. The second kappa shape index (κ2) is 11.0. The summed E-state index contributed by atoms with van der Waals surface area (Å²) in [5.41, 5.74) is 3.51. The standard InChI is InChI=1S/C23H31N5O2/c1-24-23(26-16-18-9-11-19(12-10-18)21(29)27(2)3)25-14-13-17-7-6-8-20(15-17)22(30)28(4)5/h6-12,15H,13-14,16H2,1-5H3,(H2,24,25,26). The molecule has 2 N–H and O–H groups in total. The van der Waals surface area contributed by atoms with Gasteiger partial charge in [0.1, 0.15) is 0 Å². The number of benzene rings is 2. The second-order valence-corrected chi connectivity index (χ2v) is 7.40. The predicted molar refractivity (Wildman–Crippen MR) is 121 cm³/mol. The first-order valence-electron chi connectivity index (χ1n) is 9.87. The summed E-state index contributed by atoms with van der Waals surface area (Å²) in [5, 5.41) is 6.56. The Kier molecular flexibility index (Phi) is 8.41. The highest BCUT2D eigenvalue weighted by atomic mass is 16.2. The highest BCUT2D eigenvalue weighted by Gasteiger charge is 2.09. The minimum absolute atomic E-state index is 0.000542. The van der Waals surface area contributed by atoms with Gasteiger partial charge >= 0.3 is 0 Å². The van der Waals surface area contributed by atoms with Crippen LogP contribution in [0.3, 0.4) is 0 Å². The highest BCUT2D eigenvalue weighted by molar-refractivity contribution is 5.94. The topological polar surface area (TPSA) is 77.0 Å². The van der Waals surface area contributed by atoms with Gasteiger partial charge in [-0.1, -0.05) is 24.3 Å². The quantitative estimate of drug-likeness (QED) is 0.542. The van der Waals surface area contributed by atoms with Gasteiger partial charge in [0.2, 0.25) is 0 Å². The number of hydrogen-bond donors (Lipinski definition) is 2. The van der Waals surface area contributed by atoms with Crippen LogP contribution in [0, 0.1) is 0 Å². The molecule has 0 spiro atoms. The lowest BCUT2D eigenvalue weighted by Gasteiger charge is -2.14. The van der Waals surface area contributed by atoms with E-state index in [1.807, 2.05) is 48.5 Å². The molecular formula is C23H31N5O2. The molecule has 0 radical (unpaired) electrons. The van der Waals surface area contributed by atoms with Gasteiger partial charge in [-0.25, -0.2) is 0 Å². The molecule has 0 fully saturated rings. The van der Waals surface area contributed by atoms with E-state index in [4.69, 9.17) is 0 Å². The minimum Gasteiger partial charge on any atom is -0.356 e. The summed E-state index contributed by atoms with van der Waals surface area (Å²) in [6.07, 6.45) is 0.774. The molecule has 0 aliphatic rings. The Labute approximate surface area is 178 Å². The highest BCUT2D eigenvalue weighted by Crippen LogP contribution is 2.08. The average molecular weight is 410 g/mol. The number of guanidine groups is 1. The van der Waals surface area contributed by atoms with Crippen molar-refractivity contribution in [2.75, 3.05) is 41.8 Å². The van der Waals surface area contributed by atoms with Crippen molar-refractivity contribution in [3.63, 3.8) is 0 Å². The largest absolute Gasteiger partial charge is 0.356 e. The van der Waals surface area contributed by atoms with E-state index in [0.29, 0.717) is 30.2 Å². The van der Waals surface area contributed by atoms with Crippen molar-refractivity contribution in [1.29, 1.82) is 0 Å². The summed E-state index contributed by atoms with van der Waals surface area (Å²) < 4.78 is 0. The van der Waals surface area contributed by atoms with E-state index >= 15 is 0 Å². The van der Waals surface area contributed by atoms with E-state index in [9.17, 15) is 9.59 Å². The fraction of sp³-hybridized carbons (Fsp3) is 0.348. The van der Waals surface area contributed by atoms with Crippen molar-refractivity contribution >= 4 is 17.8 Å². The number of aliphatic imine (C=N–C) groups is 1. The second-order valence-electron chi connectivity index (χ2n) is 7.40. The van der Waals surface area contributed by atoms with E-state index in [1.54, 1.807) is 45.0 Å². The Morgan fingerprint density at radius 1 is 0.833 bits per heavy atom. The van der Waals surface area contributed by atoms with Gasteiger partial charge in [-0.05, 0) is 41.8 Å². The number of nitrogens with one attached hydrogen (secondary N) is 2. The average Bonchev–Trinajstić information content (AvgIpc) is 2.75. The predicted octanol–water partition coefficient (Wildman–Crippen LogP) is 2.00. The van der Waals surface area contributed by atoms with Gasteiger partial charge in [0.15, 0.2) is 5.96 Å². The van der Waals surface area contributed by atoms with Crippen molar-refractivity contribution in [3.05, 3.63) is 70.8 Å². The van der Waals surface area contributed by atoms with Gasteiger partial charge in [-0.2, -0.15) is 0 Å². The van der Waals surface area contributed by atoms with E-state index in [0.717, 1.165) is 17.5 Å². The lowest BCUT2D eigenvalue weighted by atomic mass is 10.1. The minimum atomic E-state index is -0.0108. The normalized spacial score (nSPS) is 11.0. The van der Waals surface area contributed by atoms with Gasteiger partial charge in [0, 0.05) is 59.5 Å². The van der Waals surface area contributed by atoms with Crippen LogP contribution in [-0.4, -0.2) is 69.4 Å². The summed E-state index contributed by atoms with van der Waals surface area (Å²) in [5.74, 6) is 0.688. The third kappa shape index (κ3) is 6.62. The molecule has 2 amide bonds. The maximum absolute atomic E-state index is 12.1. The lowest BCUT2D eigenvalue weighted by molar-refractivity contribution is 0.0820. The lowest BCUT2D eigenvalue weighted by Crippen LogP contribution is -2.37. The summed E-state index contributed by atoms with van der Waals surface area (Å²) >= 11 is 0. The van der Waals surface area contributed by atoms with Gasteiger partial charge in [0.05, 0.1) is 0 Å². The molecule has 0 bridgehead atoms. The van der Waals surface area contributed by atoms with Gasteiger partial charge < -0.3 is 20.4 Å². The molecule has 7 heteroatoms. The molecule has 7 nitrogen and oxygen atoms in total. The Bertz CT molecular complexity index is 889. The first-order chi connectivity index (χ1) is 14.3. The molecule has 0 aromatic heterocycles. The first-order valence-corrected chi connectivity index (χ1v) is 9.87. The van der Waals surface area contributed by atoms with E-state index in [2.05, 4.69) is 15.6 Å². The number of amides is 2. The van der Waals surface area contributed by atoms with E-state index in [1.165, 1.54) is 0 Å². The van der Waals surface area contributed by atoms with Crippen LogP contribution in [0.4, 0.5) is 0 Å². The first kappa shape index (κ1) is 22.9. The number of carbonyl (C=O) groups excluding carboxylic acids is 2. The van der Waals surface area contributed by atoms with Crippen molar-refractivity contribution < 1.29 is 9.59 Å². The van der Waals surface area contributed by atoms with Crippen LogP contribution in [-0.2, 0) is 13.0 Å². The molecule has 0 heterocycles. The molecule has 2 aromatic rings. The fourth-order valence-electron chi connectivity index (χ4n) is 2.87. The zero-order chi connectivity index (χ0) is 22.1. The third-order valence-corrected chi connectivity index (χ3v) is 4.58. The van der Waals surface area contributed by atoms with Gasteiger partial charge in [-0.3, -0.25) is 14.6 Å². The number of hydrogen-bond acceptors (Lipinski definition) is 3. The van der Waals surface area contributed by atoms with Crippen LogP contribution in [0.25, 0.3) is 0 Å². The summed E-state index contributed by atoms with van der Waals surface area (Å²) in [7, 11) is 8.71. The number of nitrogens with zero attached hydrogens (tertiary/aromatic N) is 3. The fourth-order valence-corrected chi connectivity index (χ4v) is 2.87. The van der Waals surface area contributed by atoms with Gasteiger partial charge in [0.25, 0.3) is 11.8 Å². The monoisotopic (exact) mass is 409 g/mol. The third-order valence-electron chi connectivity index (χ3n) is 4.58. The van der Waals surface area contributed by atoms with Crippen LogP contribution in [0.5, 0.6) is 0 Å². The van der Waals surface area contributed by atoms with Crippen molar-refractivity contribution in [3.8, 4) is 0 Å². The van der Waals surface area contributed by atoms with Crippen molar-refractivity contribution in [2.45, 2.75) is 13.0 Å². The Morgan fingerprint density at radius 2 is 1.47 bits per heavy atom. The van der Waals surface area contributed by atoms with Crippen LogP contribution < -0.4 is 10.6 Å². The molecule has 0 atom stereocenters. The SMILES string of the molecule is CN=C(NCCc1cccc(C(=O)N(C)C)c1)NCc1ccc(C(=O)N(C)C)cc1. The van der Waals surface area contributed by atoms with Gasteiger partial charge in [-0.15, -0.1) is 0 Å². The Hall–Kier alpha value is -3.35. The van der Waals surface area contributed by atoms with E-state index < -0.39 is 0 Å². The summed E-state index contributed by atoms with van der Waals surface area (Å²) in [6.45, 7) is 1.29. The zero-order valence-electron chi connectivity index (χ0n) is 18.4. The molecular weight excluding hydrogens is 378 g/mol. The maximum Gasteiger partial charge on any atom is 0.253 e. The molecule has 160 valence electrons. The molecule has 2 rings (SSSR count). The Balaban J connectivity index is 1.84. The van der Waals surface area contributed by atoms with E-state index in [-0.39, 0.29) is 11.8 Å². The Morgan fingerprint density at radius 3 is 2.07 bits per heavy atom. The smallest absolute Gasteiger partial charge is 0.253 e. The van der Waals surface area contributed by atoms with Crippen molar-refractivity contribution in [1.82, 2.24) is 20.4 Å². The molecule has 0 saturated carbocycles. The molecule has 0 aliphatic carbocycles. The number of rotatable bonds is 7. The van der Waals surface area contributed by atoms with Crippen LogP contribution in [0.15, 0.2) is 53.5 Å². The summed E-state index contributed by atoms with van der Waals surface area (Å²) in [4.78, 5) is 31.4. The summed E-state index contributed by atoms with van der Waals surface area (Å²) in [6, 6.07) is 15.2.